The molecule has 1 aliphatic heterocycles. The van der Waals surface area contributed by atoms with E-state index in [0.717, 1.165) is 27.9 Å². The van der Waals surface area contributed by atoms with Crippen LogP contribution in [0.4, 0.5) is 5.69 Å². The molecule has 194 valence electrons. The van der Waals surface area contributed by atoms with Crippen LogP contribution in [0.5, 0.6) is 0 Å². The maximum atomic E-state index is 13.4. The number of rotatable bonds is 10. The second kappa shape index (κ2) is 11.7. The third-order valence-corrected chi connectivity index (χ3v) is 8.02. The van der Waals surface area contributed by atoms with Crippen molar-refractivity contribution in [2.24, 2.45) is 0 Å². The number of carbonyl (C=O) groups excluding carboxylic acids is 2. The first-order chi connectivity index (χ1) is 17.8. The standard InChI is InChI=1S/C29H33N3O4S/c1-3-28(33)32-17-15-24-20-25(12-13-27(24)32)37(35,36)31-26(19-22-9-5-4-6-10-22)29(34)30-16-14-23-11-7-8-21(2)18-23/h4-13,18,20,26,31H,3,14-17,19H2,1-2H3,(H,30,34)/t26-/m1/s1. The number of amides is 2. The van der Waals surface area contributed by atoms with Crippen LogP contribution in [-0.4, -0.2) is 39.4 Å². The first-order valence-electron chi connectivity index (χ1n) is 12.6. The van der Waals surface area contributed by atoms with Crippen molar-refractivity contribution in [3.8, 4) is 0 Å². The number of aryl methyl sites for hydroxylation is 1. The van der Waals surface area contributed by atoms with E-state index in [9.17, 15) is 18.0 Å². The molecule has 37 heavy (non-hydrogen) atoms. The largest absolute Gasteiger partial charge is 0.354 e. The zero-order chi connectivity index (χ0) is 26.4. The quantitative estimate of drug-likeness (QED) is 0.428. The fourth-order valence-electron chi connectivity index (χ4n) is 4.61. The molecule has 4 rings (SSSR count). The predicted octanol–water partition coefficient (Wildman–Crippen LogP) is 3.54. The molecule has 0 bridgehead atoms. The van der Waals surface area contributed by atoms with Crippen LogP contribution in [0.15, 0.2) is 77.7 Å². The van der Waals surface area contributed by atoms with Crippen molar-refractivity contribution in [1.82, 2.24) is 10.0 Å². The summed E-state index contributed by atoms with van der Waals surface area (Å²) in [7, 11) is -3.99. The zero-order valence-electron chi connectivity index (χ0n) is 21.2. The Balaban J connectivity index is 1.50. The molecule has 2 amide bonds. The molecule has 0 saturated carbocycles. The van der Waals surface area contributed by atoms with E-state index in [1.807, 2.05) is 62.4 Å². The Labute approximate surface area is 218 Å². The highest BCUT2D eigenvalue weighted by Crippen LogP contribution is 2.30. The van der Waals surface area contributed by atoms with Crippen LogP contribution in [0, 0.1) is 6.92 Å². The predicted molar refractivity (Wildman–Crippen MR) is 145 cm³/mol. The number of nitrogens with zero attached hydrogens (tertiary/aromatic N) is 1. The van der Waals surface area contributed by atoms with Gasteiger partial charge < -0.3 is 10.2 Å². The van der Waals surface area contributed by atoms with Crippen LogP contribution in [0.25, 0.3) is 0 Å². The third kappa shape index (κ3) is 6.64. The number of sulfonamides is 1. The fourth-order valence-corrected chi connectivity index (χ4v) is 5.85. The molecule has 1 heterocycles. The molecule has 0 radical (unpaired) electrons. The molecule has 8 heteroatoms. The molecule has 0 saturated heterocycles. The van der Waals surface area contributed by atoms with E-state index in [-0.39, 0.29) is 23.1 Å². The highest BCUT2D eigenvalue weighted by atomic mass is 32.2. The number of benzene rings is 3. The molecule has 1 aliphatic rings. The Hall–Kier alpha value is -3.49. The van der Waals surface area contributed by atoms with Gasteiger partial charge in [-0.15, -0.1) is 0 Å². The van der Waals surface area contributed by atoms with E-state index in [1.54, 1.807) is 17.0 Å². The fraction of sp³-hybridized carbons (Fsp3) is 0.310. The van der Waals surface area contributed by atoms with Crippen molar-refractivity contribution in [1.29, 1.82) is 0 Å². The lowest BCUT2D eigenvalue weighted by Gasteiger charge is -2.20. The Morgan fingerprint density at radius 1 is 0.973 bits per heavy atom. The first-order valence-corrected chi connectivity index (χ1v) is 14.1. The summed E-state index contributed by atoms with van der Waals surface area (Å²) in [5.41, 5.74) is 4.67. The van der Waals surface area contributed by atoms with E-state index in [0.29, 0.717) is 32.4 Å². The smallest absolute Gasteiger partial charge is 0.241 e. The Kier molecular flexibility index (Phi) is 8.41. The molecule has 2 N–H and O–H groups in total. The molecule has 3 aromatic carbocycles. The Morgan fingerprint density at radius 3 is 2.46 bits per heavy atom. The molecular formula is C29H33N3O4S. The molecule has 0 fully saturated rings. The summed E-state index contributed by atoms with van der Waals surface area (Å²) in [5.74, 6) is -0.362. The van der Waals surface area contributed by atoms with E-state index in [1.165, 1.54) is 6.07 Å². The monoisotopic (exact) mass is 519 g/mol. The second-order valence-electron chi connectivity index (χ2n) is 9.33. The minimum Gasteiger partial charge on any atom is -0.354 e. The first kappa shape index (κ1) is 26.6. The van der Waals surface area contributed by atoms with Crippen molar-refractivity contribution in [3.63, 3.8) is 0 Å². The molecule has 0 aliphatic carbocycles. The highest BCUT2D eigenvalue weighted by molar-refractivity contribution is 7.89. The number of anilines is 1. The summed E-state index contributed by atoms with van der Waals surface area (Å²) >= 11 is 0. The van der Waals surface area contributed by atoms with E-state index in [4.69, 9.17) is 0 Å². The van der Waals surface area contributed by atoms with Gasteiger partial charge in [0.2, 0.25) is 21.8 Å². The average Bonchev–Trinajstić information content (AvgIpc) is 3.32. The molecular weight excluding hydrogens is 486 g/mol. The van der Waals surface area contributed by atoms with Gasteiger partial charge in [0.1, 0.15) is 6.04 Å². The lowest BCUT2D eigenvalue weighted by atomic mass is 10.1. The van der Waals surface area contributed by atoms with Crippen molar-refractivity contribution in [3.05, 3.63) is 95.1 Å². The van der Waals surface area contributed by atoms with Gasteiger partial charge in [-0.1, -0.05) is 67.1 Å². The Bertz CT molecular complexity index is 1370. The van der Waals surface area contributed by atoms with Crippen LogP contribution in [0.2, 0.25) is 0 Å². The van der Waals surface area contributed by atoms with Crippen LogP contribution in [-0.2, 0) is 38.9 Å². The molecule has 3 aromatic rings. The van der Waals surface area contributed by atoms with Crippen LogP contribution in [0.1, 0.15) is 35.6 Å². The lowest BCUT2D eigenvalue weighted by Crippen LogP contribution is -2.48. The van der Waals surface area contributed by atoms with Crippen LogP contribution < -0.4 is 14.9 Å². The summed E-state index contributed by atoms with van der Waals surface area (Å²) in [5, 5.41) is 2.90. The SMILES string of the molecule is CCC(=O)N1CCc2cc(S(=O)(=O)N[C@H](Cc3ccccc3)C(=O)NCCc3cccc(C)c3)ccc21. The number of hydrogen-bond acceptors (Lipinski definition) is 4. The second-order valence-corrected chi connectivity index (χ2v) is 11.0. The highest BCUT2D eigenvalue weighted by Gasteiger charge is 2.29. The number of fused-ring (bicyclic) bond motifs is 1. The van der Waals surface area contributed by atoms with Gasteiger partial charge in [-0.05, 0) is 61.1 Å². The van der Waals surface area contributed by atoms with Crippen LogP contribution >= 0.6 is 0 Å². The molecule has 0 spiro atoms. The number of nitrogens with one attached hydrogen (secondary N) is 2. The zero-order valence-corrected chi connectivity index (χ0v) is 22.1. The van der Waals surface area contributed by atoms with Gasteiger partial charge in [-0.3, -0.25) is 9.59 Å². The number of hydrogen-bond donors (Lipinski definition) is 2. The normalized spacial score (nSPS) is 13.7. The van der Waals surface area contributed by atoms with Crippen molar-refractivity contribution < 1.29 is 18.0 Å². The summed E-state index contributed by atoms with van der Waals surface area (Å²) in [6, 6.07) is 21.2. The van der Waals surface area contributed by atoms with Crippen molar-refractivity contribution >= 4 is 27.5 Å². The summed E-state index contributed by atoms with van der Waals surface area (Å²) in [6.07, 6.45) is 1.86. The number of carbonyl (C=O) groups is 2. The van der Waals surface area contributed by atoms with Gasteiger partial charge in [0.25, 0.3) is 0 Å². The summed E-state index contributed by atoms with van der Waals surface area (Å²) in [6.45, 7) is 4.77. The van der Waals surface area contributed by atoms with Gasteiger partial charge in [0.05, 0.1) is 4.90 Å². The molecule has 7 nitrogen and oxygen atoms in total. The minimum atomic E-state index is -3.99. The van der Waals surface area contributed by atoms with E-state index < -0.39 is 16.1 Å². The van der Waals surface area contributed by atoms with Gasteiger partial charge in [-0.2, -0.15) is 4.72 Å². The molecule has 1 atom stereocenters. The summed E-state index contributed by atoms with van der Waals surface area (Å²) in [4.78, 5) is 27.1. The van der Waals surface area contributed by atoms with Gasteiger partial charge in [0, 0.05) is 25.2 Å². The van der Waals surface area contributed by atoms with Gasteiger partial charge in [0.15, 0.2) is 0 Å². The Morgan fingerprint density at radius 2 is 1.73 bits per heavy atom. The minimum absolute atomic E-state index is 0.0118. The van der Waals surface area contributed by atoms with Crippen LogP contribution in [0.3, 0.4) is 0 Å². The molecule has 0 aromatic heterocycles. The van der Waals surface area contributed by atoms with Gasteiger partial charge >= 0.3 is 0 Å². The maximum absolute atomic E-state index is 13.4. The lowest BCUT2D eigenvalue weighted by molar-refractivity contribution is -0.122. The summed E-state index contributed by atoms with van der Waals surface area (Å²) < 4.78 is 29.4. The average molecular weight is 520 g/mol. The van der Waals surface area contributed by atoms with Crippen molar-refractivity contribution in [2.45, 2.75) is 50.5 Å². The van der Waals surface area contributed by atoms with E-state index in [2.05, 4.69) is 16.1 Å². The van der Waals surface area contributed by atoms with Crippen molar-refractivity contribution in [2.75, 3.05) is 18.0 Å². The molecule has 0 unspecified atom stereocenters. The third-order valence-electron chi connectivity index (χ3n) is 6.55. The van der Waals surface area contributed by atoms with E-state index >= 15 is 0 Å². The maximum Gasteiger partial charge on any atom is 0.241 e. The van der Waals surface area contributed by atoms with Gasteiger partial charge in [-0.25, -0.2) is 8.42 Å². The topological polar surface area (TPSA) is 95.6 Å².